The summed E-state index contributed by atoms with van der Waals surface area (Å²) in [6.07, 6.45) is 6.32. The van der Waals surface area contributed by atoms with Crippen LogP contribution in [0.3, 0.4) is 0 Å². The van der Waals surface area contributed by atoms with Gasteiger partial charge in [-0.15, -0.1) is 0 Å². The van der Waals surface area contributed by atoms with E-state index >= 15 is 0 Å². The molecule has 4 N–H and O–H groups in total. The van der Waals surface area contributed by atoms with Gasteiger partial charge in [0, 0.05) is 55.6 Å². The Bertz CT molecular complexity index is 1120. The zero-order valence-corrected chi connectivity index (χ0v) is 20.5. The lowest BCUT2D eigenvalue weighted by Crippen LogP contribution is -2.38. The number of aryl methyl sites for hydroxylation is 1. The zero-order valence-electron chi connectivity index (χ0n) is 20.5. The SMILES string of the molecule is O=C(CCc1ccc(Nc2nccc(Nc3cc(C4CC4)[nH]n3)n2)cc1)NCCCN1CCOCC1. The van der Waals surface area contributed by atoms with Gasteiger partial charge in [0.05, 0.1) is 13.2 Å². The Morgan fingerprint density at radius 1 is 1.08 bits per heavy atom. The molecule has 5 rings (SSSR count). The predicted octanol–water partition coefficient (Wildman–Crippen LogP) is 3.34. The first-order valence-electron chi connectivity index (χ1n) is 12.8. The Morgan fingerprint density at radius 2 is 1.92 bits per heavy atom. The highest BCUT2D eigenvalue weighted by Crippen LogP contribution is 2.39. The number of benzene rings is 1. The van der Waals surface area contributed by atoms with Crippen LogP contribution in [-0.4, -0.2) is 70.4 Å². The summed E-state index contributed by atoms with van der Waals surface area (Å²) in [4.78, 5) is 23.4. The minimum absolute atomic E-state index is 0.0954. The van der Waals surface area contributed by atoms with Crippen LogP contribution in [-0.2, 0) is 16.0 Å². The molecule has 3 heterocycles. The largest absolute Gasteiger partial charge is 0.379 e. The number of carbonyl (C=O) groups is 1. The minimum Gasteiger partial charge on any atom is -0.379 e. The van der Waals surface area contributed by atoms with E-state index in [2.05, 4.69) is 41.0 Å². The Balaban J connectivity index is 1.03. The van der Waals surface area contributed by atoms with Crippen LogP contribution >= 0.6 is 0 Å². The van der Waals surface area contributed by atoms with E-state index in [4.69, 9.17) is 4.74 Å². The van der Waals surface area contributed by atoms with Gasteiger partial charge in [-0.2, -0.15) is 10.1 Å². The summed E-state index contributed by atoms with van der Waals surface area (Å²) in [6, 6.07) is 11.9. The molecule has 36 heavy (non-hydrogen) atoms. The Morgan fingerprint density at radius 3 is 2.72 bits per heavy atom. The van der Waals surface area contributed by atoms with Crippen molar-refractivity contribution in [2.24, 2.45) is 0 Å². The van der Waals surface area contributed by atoms with Crippen molar-refractivity contribution in [3.8, 4) is 0 Å². The molecule has 1 aliphatic heterocycles. The molecule has 3 aromatic rings. The van der Waals surface area contributed by atoms with E-state index < -0.39 is 0 Å². The maximum absolute atomic E-state index is 12.2. The first kappa shape index (κ1) is 24.2. The highest BCUT2D eigenvalue weighted by Gasteiger charge is 2.25. The molecule has 0 bridgehead atoms. The average Bonchev–Trinajstić information content (AvgIpc) is 3.66. The molecule has 1 amide bonds. The highest BCUT2D eigenvalue weighted by molar-refractivity contribution is 5.76. The summed E-state index contributed by atoms with van der Waals surface area (Å²) in [5, 5.41) is 16.9. The number of carbonyl (C=O) groups excluding carboxylic acids is 1. The molecule has 1 saturated heterocycles. The number of nitrogens with zero attached hydrogens (tertiary/aromatic N) is 4. The van der Waals surface area contributed by atoms with Crippen molar-refractivity contribution in [2.75, 3.05) is 50.0 Å². The summed E-state index contributed by atoms with van der Waals surface area (Å²) in [5.74, 6) is 2.65. The molecule has 1 saturated carbocycles. The molecule has 1 aromatic carbocycles. The average molecular weight is 491 g/mol. The lowest BCUT2D eigenvalue weighted by atomic mass is 10.1. The summed E-state index contributed by atoms with van der Waals surface area (Å²) in [5.41, 5.74) is 3.18. The summed E-state index contributed by atoms with van der Waals surface area (Å²) in [7, 11) is 0. The molecule has 1 aliphatic carbocycles. The Labute approximate surface area is 211 Å². The molecular weight excluding hydrogens is 456 g/mol. The van der Waals surface area contributed by atoms with E-state index in [0.717, 1.165) is 62.9 Å². The number of hydrogen-bond donors (Lipinski definition) is 4. The van der Waals surface area contributed by atoms with Gasteiger partial charge in [0.15, 0.2) is 5.82 Å². The number of nitrogens with one attached hydrogen (secondary N) is 4. The van der Waals surface area contributed by atoms with Crippen molar-refractivity contribution in [1.29, 1.82) is 0 Å². The van der Waals surface area contributed by atoms with E-state index in [1.807, 2.05) is 36.4 Å². The molecule has 0 atom stereocenters. The monoisotopic (exact) mass is 490 g/mol. The number of ether oxygens (including phenoxy) is 1. The van der Waals surface area contributed by atoms with Crippen LogP contribution in [0.2, 0.25) is 0 Å². The zero-order chi connectivity index (χ0) is 24.6. The van der Waals surface area contributed by atoms with Crippen molar-refractivity contribution in [2.45, 2.75) is 38.0 Å². The van der Waals surface area contributed by atoms with Crippen molar-refractivity contribution in [3.05, 3.63) is 53.9 Å². The van der Waals surface area contributed by atoms with Crippen LogP contribution < -0.4 is 16.0 Å². The fourth-order valence-electron chi connectivity index (χ4n) is 4.21. The molecule has 10 nitrogen and oxygen atoms in total. The fourth-order valence-corrected chi connectivity index (χ4v) is 4.21. The molecule has 2 fully saturated rings. The second-order valence-corrected chi connectivity index (χ2v) is 9.35. The van der Waals surface area contributed by atoms with Crippen molar-refractivity contribution in [1.82, 2.24) is 30.4 Å². The molecular formula is C26H34N8O2. The number of hydrogen-bond acceptors (Lipinski definition) is 8. The van der Waals surface area contributed by atoms with Crippen molar-refractivity contribution < 1.29 is 9.53 Å². The number of anilines is 4. The number of morpholine rings is 1. The van der Waals surface area contributed by atoms with Crippen LogP contribution in [0, 0.1) is 0 Å². The smallest absolute Gasteiger partial charge is 0.229 e. The summed E-state index contributed by atoms with van der Waals surface area (Å²) in [6.45, 7) is 5.31. The first-order valence-corrected chi connectivity index (χ1v) is 12.8. The maximum atomic E-state index is 12.2. The van der Waals surface area contributed by atoms with Crippen LogP contribution in [0.25, 0.3) is 0 Å². The van der Waals surface area contributed by atoms with Crippen molar-refractivity contribution >= 4 is 29.2 Å². The lowest BCUT2D eigenvalue weighted by Gasteiger charge is -2.26. The van der Waals surface area contributed by atoms with E-state index in [1.165, 1.54) is 18.5 Å². The number of aromatic nitrogens is 4. The molecule has 2 aromatic heterocycles. The second kappa shape index (κ2) is 12.0. The third kappa shape index (κ3) is 7.25. The fraction of sp³-hybridized carbons (Fsp3) is 0.462. The molecule has 10 heteroatoms. The molecule has 190 valence electrons. The maximum Gasteiger partial charge on any atom is 0.229 e. The summed E-state index contributed by atoms with van der Waals surface area (Å²) < 4.78 is 5.36. The third-order valence-electron chi connectivity index (χ3n) is 6.45. The molecule has 0 spiro atoms. The quantitative estimate of drug-likeness (QED) is 0.285. The van der Waals surface area contributed by atoms with Crippen molar-refractivity contribution in [3.63, 3.8) is 0 Å². The first-order chi connectivity index (χ1) is 17.7. The van der Waals surface area contributed by atoms with Gasteiger partial charge in [0.25, 0.3) is 0 Å². The van der Waals surface area contributed by atoms with Gasteiger partial charge in [-0.3, -0.25) is 14.8 Å². The number of aromatic amines is 1. The van der Waals surface area contributed by atoms with Gasteiger partial charge < -0.3 is 20.7 Å². The second-order valence-electron chi connectivity index (χ2n) is 9.35. The van der Waals surface area contributed by atoms with Crippen LogP contribution in [0.4, 0.5) is 23.3 Å². The Hall–Kier alpha value is -3.50. The van der Waals surface area contributed by atoms with E-state index in [0.29, 0.717) is 30.5 Å². The van der Waals surface area contributed by atoms with E-state index in [1.54, 1.807) is 6.20 Å². The third-order valence-corrected chi connectivity index (χ3v) is 6.45. The molecule has 0 radical (unpaired) electrons. The van der Waals surface area contributed by atoms with Crippen LogP contribution in [0.5, 0.6) is 0 Å². The van der Waals surface area contributed by atoms with Gasteiger partial charge in [0.2, 0.25) is 11.9 Å². The number of amides is 1. The van der Waals surface area contributed by atoms with Gasteiger partial charge in [-0.05, 0) is 56.0 Å². The highest BCUT2D eigenvalue weighted by atomic mass is 16.5. The van der Waals surface area contributed by atoms with Gasteiger partial charge in [-0.25, -0.2) is 4.98 Å². The lowest BCUT2D eigenvalue weighted by molar-refractivity contribution is -0.121. The normalized spacial score (nSPS) is 16.0. The molecule has 2 aliphatic rings. The number of rotatable bonds is 12. The van der Waals surface area contributed by atoms with Gasteiger partial charge in [-0.1, -0.05) is 12.1 Å². The van der Waals surface area contributed by atoms with Gasteiger partial charge >= 0.3 is 0 Å². The number of H-pyrrole nitrogens is 1. The minimum atomic E-state index is 0.0954. The van der Waals surface area contributed by atoms with E-state index in [9.17, 15) is 4.79 Å². The Kier molecular flexibility index (Phi) is 8.04. The topological polar surface area (TPSA) is 120 Å². The van der Waals surface area contributed by atoms with E-state index in [-0.39, 0.29) is 5.91 Å². The van der Waals surface area contributed by atoms with Gasteiger partial charge in [0.1, 0.15) is 5.82 Å². The summed E-state index contributed by atoms with van der Waals surface area (Å²) >= 11 is 0. The van der Waals surface area contributed by atoms with Crippen LogP contribution in [0.1, 0.15) is 42.9 Å². The molecule has 0 unspecified atom stereocenters. The predicted molar refractivity (Wildman–Crippen MR) is 139 cm³/mol. The standard InChI is InChI=1S/C26H34N8O2/c35-25(27-11-1-13-34-14-16-36-17-15-34)9-4-19-2-7-21(8-3-19)29-26-28-12-10-23(31-26)30-24-18-22(32-33-24)20-5-6-20/h2-3,7-8,10,12,18,20H,1,4-6,9,11,13-17H2,(H,27,35)(H3,28,29,30,31,32,33). The van der Waals surface area contributed by atoms with Crippen LogP contribution in [0.15, 0.2) is 42.6 Å².